The third-order valence-electron chi connectivity index (χ3n) is 2.77. The van der Waals surface area contributed by atoms with E-state index in [1.165, 1.54) is 0 Å². The molecule has 0 radical (unpaired) electrons. The third kappa shape index (κ3) is 7.15. The zero-order valence-electron chi connectivity index (χ0n) is 12.8. The Kier molecular flexibility index (Phi) is 6.99. The van der Waals surface area contributed by atoms with Gasteiger partial charge in [0.25, 0.3) is 0 Å². The van der Waals surface area contributed by atoms with Crippen LogP contribution in [0.2, 0.25) is 0 Å². The maximum Gasteiger partial charge on any atom is 0.573 e. The van der Waals surface area contributed by atoms with Gasteiger partial charge in [-0.1, -0.05) is 0 Å². The van der Waals surface area contributed by atoms with E-state index in [4.69, 9.17) is 5.73 Å². The molecule has 4 N–H and O–H groups in total. The molecule has 0 heterocycles. The number of halogens is 3. The number of sulfonamides is 1. The highest BCUT2D eigenvalue weighted by atomic mass is 32.2. The van der Waals surface area contributed by atoms with Gasteiger partial charge in [0, 0.05) is 25.6 Å². The molecule has 0 spiro atoms. The topological polar surface area (TPSA) is 111 Å². The first-order valence-corrected chi connectivity index (χ1v) is 8.37. The average molecular weight is 369 g/mol. The standard InChI is InChI=1S/C13H18F3N3O4S/c1-9(8-17)19-12(20)6-7-18-24(21,22)11-4-2-10(3-5-11)23-13(14,15)16/h2-5,9,18H,6-8,17H2,1H3,(H,19,20)/t9-/m0/s1. The van der Waals surface area contributed by atoms with Crippen LogP contribution in [-0.2, 0) is 14.8 Å². The van der Waals surface area contributed by atoms with Crippen molar-refractivity contribution >= 4 is 15.9 Å². The lowest BCUT2D eigenvalue weighted by Crippen LogP contribution is -2.39. The summed E-state index contributed by atoms with van der Waals surface area (Å²) < 4.78 is 65.9. The molecule has 24 heavy (non-hydrogen) atoms. The van der Waals surface area contributed by atoms with E-state index in [0.717, 1.165) is 24.3 Å². The quantitative estimate of drug-likeness (QED) is 0.625. The van der Waals surface area contributed by atoms with Crippen molar-refractivity contribution < 1.29 is 31.1 Å². The van der Waals surface area contributed by atoms with E-state index in [0.29, 0.717) is 0 Å². The molecule has 0 unspecified atom stereocenters. The van der Waals surface area contributed by atoms with Crippen LogP contribution in [0.3, 0.4) is 0 Å². The van der Waals surface area contributed by atoms with Crippen LogP contribution in [0.5, 0.6) is 5.75 Å². The summed E-state index contributed by atoms with van der Waals surface area (Å²) in [6.45, 7) is 1.79. The molecule has 0 aliphatic carbocycles. The van der Waals surface area contributed by atoms with Crippen LogP contribution >= 0.6 is 0 Å². The van der Waals surface area contributed by atoms with E-state index in [-0.39, 0.29) is 36.4 Å². The smallest absolute Gasteiger partial charge is 0.406 e. The van der Waals surface area contributed by atoms with Crippen molar-refractivity contribution in [2.45, 2.75) is 30.6 Å². The molecule has 0 fully saturated rings. The summed E-state index contributed by atoms with van der Waals surface area (Å²) in [7, 11) is -3.94. The van der Waals surface area contributed by atoms with Crippen LogP contribution in [-0.4, -0.2) is 39.8 Å². The van der Waals surface area contributed by atoms with E-state index in [1.54, 1.807) is 6.92 Å². The summed E-state index contributed by atoms with van der Waals surface area (Å²) in [6, 6.07) is 3.49. The van der Waals surface area contributed by atoms with Crippen LogP contribution in [0, 0.1) is 0 Å². The second-order valence-electron chi connectivity index (χ2n) is 4.87. The van der Waals surface area contributed by atoms with Crippen molar-refractivity contribution in [3.8, 4) is 5.75 Å². The van der Waals surface area contributed by atoms with Gasteiger partial charge in [0.2, 0.25) is 15.9 Å². The normalized spacial score (nSPS) is 13.4. The van der Waals surface area contributed by atoms with E-state index in [1.807, 2.05) is 0 Å². The Balaban J connectivity index is 2.58. The van der Waals surface area contributed by atoms with E-state index in [2.05, 4.69) is 14.8 Å². The van der Waals surface area contributed by atoms with Crippen molar-refractivity contribution in [3.63, 3.8) is 0 Å². The number of amides is 1. The number of rotatable bonds is 8. The first-order chi connectivity index (χ1) is 11.0. The van der Waals surface area contributed by atoms with Crippen LogP contribution in [0.4, 0.5) is 13.2 Å². The molecule has 0 aromatic heterocycles. The molecule has 1 amide bonds. The highest BCUT2D eigenvalue weighted by Gasteiger charge is 2.31. The van der Waals surface area contributed by atoms with Crippen LogP contribution < -0.4 is 20.5 Å². The van der Waals surface area contributed by atoms with Gasteiger partial charge >= 0.3 is 6.36 Å². The number of nitrogens with two attached hydrogens (primary N) is 1. The molecule has 0 saturated carbocycles. The van der Waals surface area contributed by atoms with Gasteiger partial charge in [0.15, 0.2) is 0 Å². The van der Waals surface area contributed by atoms with Crippen molar-refractivity contribution in [1.29, 1.82) is 0 Å². The second kappa shape index (κ2) is 8.31. The minimum atomic E-state index is -4.85. The fourth-order valence-corrected chi connectivity index (χ4v) is 2.64. The number of hydrogen-bond donors (Lipinski definition) is 3. The van der Waals surface area contributed by atoms with Gasteiger partial charge in [0.1, 0.15) is 5.75 Å². The van der Waals surface area contributed by atoms with Crippen LogP contribution in [0.25, 0.3) is 0 Å². The minimum Gasteiger partial charge on any atom is -0.406 e. The average Bonchev–Trinajstić information content (AvgIpc) is 2.45. The molecule has 136 valence electrons. The van der Waals surface area contributed by atoms with E-state index in [9.17, 15) is 26.4 Å². The lowest BCUT2D eigenvalue weighted by atomic mass is 10.3. The summed E-state index contributed by atoms with van der Waals surface area (Å²) in [5, 5.41) is 2.56. The van der Waals surface area contributed by atoms with E-state index < -0.39 is 22.1 Å². The summed E-state index contributed by atoms with van der Waals surface area (Å²) in [4.78, 5) is 11.2. The summed E-state index contributed by atoms with van der Waals surface area (Å²) >= 11 is 0. The fourth-order valence-electron chi connectivity index (χ4n) is 1.61. The van der Waals surface area contributed by atoms with Gasteiger partial charge in [-0.15, -0.1) is 13.2 Å². The van der Waals surface area contributed by atoms with E-state index >= 15 is 0 Å². The molecular weight excluding hydrogens is 351 g/mol. The molecule has 0 bridgehead atoms. The molecule has 11 heteroatoms. The predicted molar refractivity (Wildman–Crippen MR) is 79.6 cm³/mol. The van der Waals surface area contributed by atoms with Gasteiger partial charge in [-0.05, 0) is 31.2 Å². The molecular formula is C13H18F3N3O4S. The maximum absolute atomic E-state index is 12.0. The Hall–Kier alpha value is -1.85. The number of benzene rings is 1. The zero-order chi connectivity index (χ0) is 18.4. The van der Waals surface area contributed by atoms with Crippen molar-refractivity contribution in [2.75, 3.05) is 13.1 Å². The van der Waals surface area contributed by atoms with Crippen LogP contribution in [0.15, 0.2) is 29.2 Å². The fraction of sp³-hybridized carbons (Fsp3) is 0.462. The molecule has 7 nitrogen and oxygen atoms in total. The van der Waals surface area contributed by atoms with Gasteiger partial charge in [0.05, 0.1) is 4.90 Å². The lowest BCUT2D eigenvalue weighted by Gasteiger charge is -2.12. The lowest BCUT2D eigenvalue weighted by molar-refractivity contribution is -0.274. The number of carbonyl (C=O) groups excluding carboxylic acids is 1. The second-order valence-corrected chi connectivity index (χ2v) is 6.64. The van der Waals surface area contributed by atoms with Gasteiger partial charge in [-0.25, -0.2) is 13.1 Å². The predicted octanol–water partition coefficient (Wildman–Crippen LogP) is 0.717. The van der Waals surface area contributed by atoms with Gasteiger partial charge < -0.3 is 15.8 Å². The zero-order valence-corrected chi connectivity index (χ0v) is 13.6. The van der Waals surface area contributed by atoms with Crippen LogP contribution in [0.1, 0.15) is 13.3 Å². The molecule has 1 rings (SSSR count). The largest absolute Gasteiger partial charge is 0.573 e. The SMILES string of the molecule is C[C@@H](CN)NC(=O)CCNS(=O)(=O)c1ccc(OC(F)(F)F)cc1. The first kappa shape index (κ1) is 20.2. The number of carbonyl (C=O) groups is 1. The number of ether oxygens (including phenoxy) is 1. The third-order valence-corrected chi connectivity index (χ3v) is 4.25. The molecule has 0 saturated heterocycles. The molecule has 1 aromatic rings. The summed E-state index contributed by atoms with van der Waals surface area (Å²) in [5.74, 6) is -0.902. The number of nitrogens with one attached hydrogen (secondary N) is 2. The minimum absolute atomic E-state index is 0.0984. The number of hydrogen-bond acceptors (Lipinski definition) is 5. The van der Waals surface area contributed by atoms with Crippen molar-refractivity contribution in [3.05, 3.63) is 24.3 Å². The van der Waals surface area contributed by atoms with Crippen molar-refractivity contribution in [2.24, 2.45) is 5.73 Å². The Labute approximate surface area is 137 Å². The molecule has 1 aromatic carbocycles. The maximum atomic E-state index is 12.0. The first-order valence-electron chi connectivity index (χ1n) is 6.88. The number of alkyl halides is 3. The highest BCUT2D eigenvalue weighted by Crippen LogP contribution is 2.23. The highest BCUT2D eigenvalue weighted by molar-refractivity contribution is 7.89. The molecule has 0 aliphatic rings. The monoisotopic (exact) mass is 369 g/mol. The Morgan fingerprint density at radius 2 is 1.88 bits per heavy atom. The van der Waals surface area contributed by atoms with Gasteiger partial charge in [-0.3, -0.25) is 4.79 Å². The Bertz CT molecular complexity index is 647. The van der Waals surface area contributed by atoms with Gasteiger partial charge in [-0.2, -0.15) is 0 Å². The Morgan fingerprint density at radius 1 is 1.29 bits per heavy atom. The Morgan fingerprint density at radius 3 is 2.38 bits per heavy atom. The van der Waals surface area contributed by atoms with Crippen molar-refractivity contribution in [1.82, 2.24) is 10.0 Å². The summed E-state index contributed by atoms with van der Waals surface area (Å²) in [5.41, 5.74) is 5.34. The molecule has 1 atom stereocenters. The summed E-state index contributed by atoms with van der Waals surface area (Å²) in [6.07, 6.45) is -4.95. The molecule has 0 aliphatic heterocycles.